The van der Waals surface area contributed by atoms with E-state index in [0.29, 0.717) is 17.7 Å². The Hall–Kier alpha value is -1.76. The van der Waals surface area contributed by atoms with Crippen molar-refractivity contribution in [1.82, 2.24) is 20.4 Å². The van der Waals surface area contributed by atoms with Crippen LogP contribution in [0.3, 0.4) is 0 Å². The van der Waals surface area contributed by atoms with Crippen LogP contribution < -0.4 is 0 Å². The molecular weight excluding hydrogens is 440 g/mol. The molecule has 0 radical (unpaired) electrons. The minimum absolute atomic E-state index is 0.154. The Morgan fingerprint density at radius 2 is 1.49 bits per heavy atom. The van der Waals surface area contributed by atoms with Crippen molar-refractivity contribution in [2.45, 2.75) is 128 Å². The number of fused-ring (bicyclic) bond motifs is 1. The first-order valence-electron chi connectivity index (χ1n) is 14.4. The van der Waals surface area contributed by atoms with Gasteiger partial charge in [0.05, 0.1) is 6.10 Å². The van der Waals surface area contributed by atoms with Crippen LogP contribution in [0.5, 0.6) is 0 Å². The number of nitrogens with zero attached hydrogens (tertiary/aromatic N) is 4. The number of unbranched alkanes of at least 4 members (excludes halogenated alkanes) is 3. The summed E-state index contributed by atoms with van der Waals surface area (Å²) in [5.74, 6) is 6.14. The molecule has 0 saturated heterocycles. The highest BCUT2D eigenvalue weighted by atomic mass is 16.5. The fraction of sp³-hybridized carbons (Fsp3) is 0.857. The molecule has 3 saturated carbocycles. The van der Waals surface area contributed by atoms with E-state index in [1.54, 1.807) is 0 Å². The van der Waals surface area contributed by atoms with Crippen LogP contribution in [0.2, 0.25) is 0 Å². The molecule has 2 aromatic rings. The van der Waals surface area contributed by atoms with Crippen molar-refractivity contribution in [1.29, 1.82) is 0 Å². The van der Waals surface area contributed by atoms with Crippen molar-refractivity contribution < 1.29 is 13.6 Å². The lowest BCUT2D eigenvalue weighted by molar-refractivity contribution is 0.00901. The Labute approximate surface area is 210 Å². The minimum atomic E-state index is 0.154. The van der Waals surface area contributed by atoms with Gasteiger partial charge in [0.15, 0.2) is 0 Å². The lowest BCUT2D eigenvalue weighted by Gasteiger charge is -2.43. The number of rotatable bonds is 9. The van der Waals surface area contributed by atoms with Gasteiger partial charge in [-0.2, -0.15) is 0 Å². The molecule has 3 fully saturated rings. The SMILES string of the molecule is CCCCCCOC1CC(c2nnc(C)o2)CC(c2nnc(C3CCC(C)C4CCCCC34)o2)C1. The van der Waals surface area contributed by atoms with Crippen LogP contribution in [0.15, 0.2) is 8.83 Å². The zero-order valence-corrected chi connectivity index (χ0v) is 22.0. The van der Waals surface area contributed by atoms with Crippen molar-refractivity contribution in [3.05, 3.63) is 23.6 Å². The third kappa shape index (κ3) is 5.81. The van der Waals surface area contributed by atoms with E-state index in [-0.39, 0.29) is 17.9 Å². The van der Waals surface area contributed by atoms with Gasteiger partial charge in [-0.3, -0.25) is 0 Å². The molecule has 7 nitrogen and oxygen atoms in total. The normalized spacial score (nSPS) is 33.5. The number of hydrogen-bond acceptors (Lipinski definition) is 7. The van der Waals surface area contributed by atoms with E-state index in [9.17, 15) is 0 Å². The van der Waals surface area contributed by atoms with E-state index in [0.717, 1.165) is 61.8 Å². The summed E-state index contributed by atoms with van der Waals surface area (Å²) in [4.78, 5) is 0. The summed E-state index contributed by atoms with van der Waals surface area (Å²) in [6, 6.07) is 0. The topological polar surface area (TPSA) is 87.1 Å². The molecule has 0 N–H and O–H groups in total. The molecule has 0 aliphatic heterocycles. The maximum absolute atomic E-state index is 6.50. The predicted octanol–water partition coefficient (Wildman–Crippen LogP) is 7.10. The summed E-state index contributed by atoms with van der Waals surface area (Å²) < 4.78 is 18.7. The number of hydrogen-bond donors (Lipinski definition) is 0. The standard InChI is InChI=1S/C28H44N4O3/c1-4-5-6-9-14-33-22-16-20(26-30-29-19(3)34-26)15-21(17-22)27-31-32-28(35-27)25-13-12-18(2)23-10-7-8-11-24(23)25/h18,20-25H,4-17H2,1-3H3. The third-order valence-corrected chi connectivity index (χ3v) is 9.08. The summed E-state index contributed by atoms with van der Waals surface area (Å²) in [7, 11) is 0. The highest BCUT2D eigenvalue weighted by molar-refractivity contribution is 5.07. The lowest BCUT2D eigenvalue weighted by Crippen LogP contribution is -2.34. The van der Waals surface area contributed by atoms with Gasteiger partial charge in [-0.15, -0.1) is 20.4 Å². The number of aryl methyl sites for hydroxylation is 1. The summed E-state index contributed by atoms with van der Waals surface area (Å²) in [5.41, 5.74) is 0. The van der Waals surface area contributed by atoms with Crippen molar-refractivity contribution in [2.24, 2.45) is 17.8 Å². The molecule has 7 unspecified atom stereocenters. The van der Waals surface area contributed by atoms with Gasteiger partial charge < -0.3 is 13.6 Å². The van der Waals surface area contributed by atoms with Gasteiger partial charge >= 0.3 is 0 Å². The average molecular weight is 485 g/mol. The molecular formula is C28H44N4O3. The molecule has 7 atom stereocenters. The van der Waals surface area contributed by atoms with Gasteiger partial charge in [-0.05, 0) is 69.1 Å². The van der Waals surface area contributed by atoms with Gasteiger partial charge in [-0.1, -0.05) is 46.0 Å². The summed E-state index contributed by atoms with van der Waals surface area (Å²) in [6.45, 7) is 7.35. The molecule has 7 heteroatoms. The third-order valence-electron chi connectivity index (χ3n) is 9.08. The van der Waals surface area contributed by atoms with Crippen molar-refractivity contribution >= 4 is 0 Å². The van der Waals surface area contributed by atoms with Crippen LogP contribution >= 0.6 is 0 Å². The molecule has 0 bridgehead atoms. The smallest absolute Gasteiger partial charge is 0.219 e. The van der Waals surface area contributed by atoms with E-state index in [4.69, 9.17) is 13.6 Å². The summed E-state index contributed by atoms with van der Waals surface area (Å²) in [6.07, 6.45) is 15.6. The second kappa shape index (κ2) is 11.5. The molecule has 2 heterocycles. The average Bonchev–Trinajstić information content (AvgIpc) is 3.54. The molecule has 2 aromatic heterocycles. The Morgan fingerprint density at radius 3 is 2.23 bits per heavy atom. The van der Waals surface area contributed by atoms with Gasteiger partial charge in [-0.25, -0.2) is 0 Å². The van der Waals surface area contributed by atoms with Gasteiger partial charge in [0.25, 0.3) is 0 Å². The van der Waals surface area contributed by atoms with Gasteiger partial charge in [0, 0.05) is 31.3 Å². The van der Waals surface area contributed by atoms with E-state index < -0.39 is 0 Å². The molecule has 5 rings (SSSR count). The van der Waals surface area contributed by atoms with E-state index in [1.165, 1.54) is 57.8 Å². The first kappa shape index (κ1) is 24.9. The van der Waals surface area contributed by atoms with Gasteiger partial charge in [0.2, 0.25) is 23.6 Å². The van der Waals surface area contributed by atoms with E-state index in [2.05, 4.69) is 34.2 Å². The Morgan fingerprint density at radius 1 is 0.771 bits per heavy atom. The Balaban J connectivity index is 1.29. The van der Waals surface area contributed by atoms with Crippen LogP contribution in [0.4, 0.5) is 0 Å². The minimum Gasteiger partial charge on any atom is -0.425 e. The molecule has 0 amide bonds. The Bertz CT molecular complexity index is 927. The monoisotopic (exact) mass is 484 g/mol. The van der Waals surface area contributed by atoms with Crippen molar-refractivity contribution in [3.63, 3.8) is 0 Å². The Kier molecular flexibility index (Phi) is 8.21. The second-order valence-corrected chi connectivity index (χ2v) is 11.6. The zero-order chi connectivity index (χ0) is 24.2. The van der Waals surface area contributed by atoms with E-state index >= 15 is 0 Å². The fourth-order valence-corrected chi connectivity index (χ4v) is 7.19. The number of ether oxygens (including phenoxy) is 1. The predicted molar refractivity (Wildman–Crippen MR) is 133 cm³/mol. The first-order valence-corrected chi connectivity index (χ1v) is 14.4. The molecule has 35 heavy (non-hydrogen) atoms. The number of aromatic nitrogens is 4. The summed E-state index contributed by atoms with van der Waals surface area (Å²) >= 11 is 0. The van der Waals surface area contributed by atoms with Crippen molar-refractivity contribution in [2.75, 3.05) is 6.61 Å². The zero-order valence-electron chi connectivity index (χ0n) is 22.0. The van der Waals surface area contributed by atoms with Crippen LogP contribution in [0.1, 0.15) is 139 Å². The molecule has 194 valence electrons. The molecule has 3 aliphatic rings. The lowest BCUT2D eigenvalue weighted by atomic mass is 9.61. The second-order valence-electron chi connectivity index (χ2n) is 11.6. The first-order chi connectivity index (χ1) is 17.1. The molecule has 0 aromatic carbocycles. The summed E-state index contributed by atoms with van der Waals surface area (Å²) in [5, 5.41) is 17.7. The fourth-order valence-electron chi connectivity index (χ4n) is 7.19. The van der Waals surface area contributed by atoms with E-state index in [1.807, 2.05) is 6.92 Å². The van der Waals surface area contributed by atoms with Crippen LogP contribution in [-0.4, -0.2) is 33.1 Å². The largest absolute Gasteiger partial charge is 0.425 e. The van der Waals surface area contributed by atoms with Gasteiger partial charge in [0.1, 0.15) is 0 Å². The molecule has 0 spiro atoms. The van der Waals surface area contributed by atoms with Crippen LogP contribution in [-0.2, 0) is 4.74 Å². The highest BCUT2D eigenvalue weighted by Gasteiger charge is 2.42. The highest BCUT2D eigenvalue weighted by Crippen LogP contribution is 2.51. The van der Waals surface area contributed by atoms with Crippen molar-refractivity contribution in [3.8, 4) is 0 Å². The van der Waals surface area contributed by atoms with Crippen LogP contribution in [0.25, 0.3) is 0 Å². The van der Waals surface area contributed by atoms with Crippen LogP contribution in [0, 0.1) is 24.7 Å². The quantitative estimate of drug-likeness (QED) is 0.351. The maximum Gasteiger partial charge on any atom is 0.219 e. The maximum atomic E-state index is 6.50. The molecule has 3 aliphatic carbocycles.